The van der Waals surface area contributed by atoms with Crippen LogP contribution in [0.3, 0.4) is 0 Å². The van der Waals surface area contributed by atoms with Gasteiger partial charge in [0.25, 0.3) is 15.9 Å². The van der Waals surface area contributed by atoms with E-state index in [4.69, 9.17) is 9.47 Å². The van der Waals surface area contributed by atoms with Crippen molar-refractivity contribution in [2.75, 3.05) is 13.2 Å². The second-order valence-corrected chi connectivity index (χ2v) is 16.1. The Hall–Kier alpha value is -3.72. The van der Waals surface area contributed by atoms with E-state index in [-0.39, 0.29) is 10.8 Å². The lowest BCUT2D eigenvalue weighted by atomic mass is 10.0. The van der Waals surface area contributed by atoms with E-state index in [0.29, 0.717) is 61.2 Å². The highest BCUT2D eigenvalue weighted by molar-refractivity contribution is 7.92. The molecule has 15 heteroatoms. The molecule has 2 aliphatic heterocycles. The lowest BCUT2D eigenvalue weighted by Gasteiger charge is -2.30. The Kier molecular flexibility index (Phi) is 10.2. The quantitative estimate of drug-likeness (QED) is 0.382. The Morgan fingerprint density at radius 1 is 1.15 bits per heavy atom. The van der Waals surface area contributed by atoms with Gasteiger partial charge in [-0.1, -0.05) is 25.0 Å². The summed E-state index contributed by atoms with van der Waals surface area (Å²) in [6.45, 7) is 7.79. The van der Waals surface area contributed by atoms with Crippen molar-refractivity contribution < 1.29 is 37.1 Å². The third-order valence-corrected chi connectivity index (χ3v) is 11.2. The van der Waals surface area contributed by atoms with Crippen molar-refractivity contribution in [2.24, 2.45) is 5.92 Å². The lowest BCUT2D eigenvalue weighted by molar-refractivity contribution is -0.141. The number of hydrogen-bond donors (Lipinski definition) is 3. The molecule has 1 aromatic heterocycles. The highest BCUT2D eigenvalue weighted by Gasteiger charge is 2.61. The normalized spacial score (nSPS) is 25.5. The van der Waals surface area contributed by atoms with Gasteiger partial charge in [0.2, 0.25) is 16.2 Å². The number of benzene rings is 1. The summed E-state index contributed by atoms with van der Waals surface area (Å²) in [5.74, 6) is -1.68. The van der Waals surface area contributed by atoms with Crippen LogP contribution in [0.15, 0.2) is 34.7 Å². The summed E-state index contributed by atoms with van der Waals surface area (Å²) in [4.78, 5) is 59.7. The molecule has 256 valence electrons. The fraction of sp³-hybridized carbons (Fsp3) is 0.594. The van der Waals surface area contributed by atoms with Gasteiger partial charge in [-0.3, -0.25) is 14.4 Å². The van der Waals surface area contributed by atoms with Crippen molar-refractivity contribution in [3.63, 3.8) is 0 Å². The Balaban J connectivity index is 1.36. The Bertz CT molecular complexity index is 1670. The molecule has 0 spiro atoms. The van der Waals surface area contributed by atoms with Crippen LogP contribution in [0.2, 0.25) is 0 Å². The molecule has 47 heavy (non-hydrogen) atoms. The molecule has 0 radical (unpaired) electrons. The molecule has 4 amide bonds. The summed E-state index contributed by atoms with van der Waals surface area (Å²) in [5.41, 5.74) is -1.84. The van der Waals surface area contributed by atoms with E-state index in [9.17, 15) is 27.6 Å². The zero-order valence-corrected chi connectivity index (χ0v) is 28.8. The first-order valence-corrected chi connectivity index (χ1v) is 18.4. The summed E-state index contributed by atoms with van der Waals surface area (Å²) >= 11 is 0.924. The smallest absolute Gasteiger partial charge is 0.408 e. The van der Waals surface area contributed by atoms with Gasteiger partial charge in [-0.15, -0.1) is 11.3 Å². The second kappa shape index (κ2) is 13.8. The second-order valence-electron chi connectivity index (χ2n) is 13.2. The van der Waals surface area contributed by atoms with Crippen LogP contribution < -0.4 is 20.1 Å². The first-order chi connectivity index (χ1) is 22.2. The predicted molar refractivity (Wildman–Crippen MR) is 175 cm³/mol. The lowest BCUT2D eigenvalue weighted by Crippen LogP contribution is -2.58. The maximum atomic E-state index is 13.8. The van der Waals surface area contributed by atoms with Crippen LogP contribution in [0.1, 0.15) is 79.1 Å². The van der Waals surface area contributed by atoms with Crippen molar-refractivity contribution >= 4 is 55.4 Å². The SMILES string of the molecule is CCOc1ccc2sc(S(=O)(=O)NC(=O)[C@@]34C[C@H]3C=CCCCCC[C@H](NC(=O)OC(C)(C)C)C(=O)N3CCC[C@H]3C(=O)N4)nc2c1. The number of fused-ring (bicyclic) bond motifs is 3. The van der Waals surface area contributed by atoms with Crippen molar-refractivity contribution in [2.45, 2.75) is 107 Å². The number of nitrogens with one attached hydrogen (secondary N) is 3. The van der Waals surface area contributed by atoms with Crippen LogP contribution in [-0.2, 0) is 29.1 Å². The average molecular weight is 690 g/mol. The van der Waals surface area contributed by atoms with Gasteiger partial charge in [-0.05, 0) is 78.4 Å². The molecular formula is C32H43N5O8S2. The minimum atomic E-state index is -4.37. The number of carbonyl (C=O) groups is 4. The van der Waals surface area contributed by atoms with Gasteiger partial charge in [0.05, 0.1) is 16.8 Å². The van der Waals surface area contributed by atoms with E-state index in [2.05, 4.69) is 20.3 Å². The maximum absolute atomic E-state index is 13.8. The monoisotopic (exact) mass is 689 g/mol. The number of alkyl carbamates (subject to hydrolysis) is 1. The molecule has 3 heterocycles. The number of amides is 4. The summed E-state index contributed by atoms with van der Waals surface area (Å²) < 4.78 is 40.2. The molecule has 3 N–H and O–H groups in total. The molecule has 13 nitrogen and oxygen atoms in total. The Morgan fingerprint density at radius 3 is 2.68 bits per heavy atom. The fourth-order valence-corrected chi connectivity index (χ4v) is 8.30. The summed E-state index contributed by atoms with van der Waals surface area (Å²) in [6.07, 6.45) is 7.58. The van der Waals surface area contributed by atoms with Gasteiger partial charge < -0.3 is 25.0 Å². The predicted octanol–water partition coefficient (Wildman–Crippen LogP) is 3.78. The van der Waals surface area contributed by atoms with Crippen LogP contribution in [-0.4, -0.2) is 78.5 Å². The van der Waals surface area contributed by atoms with Gasteiger partial charge in [0, 0.05) is 18.5 Å². The molecule has 1 aromatic carbocycles. The first-order valence-electron chi connectivity index (χ1n) is 16.1. The fourth-order valence-electron chi connectivity index (χ4n) is 6.06. The Labute approximate surface area is 278 Å². The molecule has 5 rings (SSSR count). The molecule has 0 bridgehead atoms. The molecule has 3 aliphatic rings. The largest absolute Gasteiger partial charge is 0.494 e. The first kappa shape index (κ1) is 34.6. The van der Waals surface area contributed by atoms with Crippen LogP contribution in [0.4, 0.5) is 4.79 Å². The number of sulfonamides is 1. The number of allylic oxidation sites excluding steroid dienone is 1. The molecule has 0 unspecified atom stereocenters. The van der Waals surface area contributed by atoms with Crippen LogP contribution in [0, 0.1) is 5.92 Å². The minimum absolute atomic E-state index is 0.206. The van der Waals surface area contributed by atoms with Gasteiger partial charge in [0.15, 0.2) is 0 Å². The maximum Gasteiger partial charge on any atom is 0.408 e. The highest BCUT2D eigenvalue weighted by atomic mass is 32.2. The number of thiazole rings is 1. The number of carbonyl (C=O) groups excluding carboxylic acids is 4. The topological polar surface area (TPSA) is 173 Å². The van der Waals surface area contributed by atoms with Gasteiger partial charge in [0.1, 0.15) is 29.0 Å². The average Bonchev–Trinajstić information content (AvgIpc) is 3.31. The van der Waals surface area contributed by atoms with Crippen molar-refractivity contribution in [3.8, 4) is 5.75 Å². The summed E-state index contributed by atoms with van der Waals surface area (Å²) in [5, 5.41) is 5.54. The van der Waals surface area contributed by atoms with E-state index in [1.54, 1.807) is 39.0 Å². The minimum Gasteiger partial charge on any atom is -0.494 e. The molecule has 1 aliphatic carbocycles. The summed E-state index contributed by atoms with van der Waals surface area (Å²) in [6, 6.07) is 3.30. The zero-order valence-electron chi connectivity index (χ0n) is 27.2. The van der Waals surface area contributed by atoms with Crippen LogP contribution in [0.25, 0.3) is 10.2 Å². The molecule has 4 atom stereocenters. The molecule has 2 fully saturated rings. The van der Waals surface area contributed by atoms with Crippen molar-refractivity contribution in [3.05, 3.63) is 30.4 Å². The van der Waals surface area contributed by atoms with E-state index in [0.717, 1.165) is 24.2 Å². The van der Waals surface area contributed by atoms with Gasteiger partial charge >= 0.3 is 6.09 Å². The standard InChI is InChI=1S/C32H43N5O8S2/c1-5-44-21-15-16-25-23(18-21)34-30(46-25)47(42,43)36-28(40)32-19-20(32)12-9-7-6-8-10-13-22(33-29(41)45-31(2,3)4)27(39)37-17-11-14-24(37)26(38)35-32/h9,12,15-16,18,20,22,24H,5-8,10-11,13-14,17,19H2,1-4H3,(H,33,41)(H,35,38)(H,36,40)/t20-,22+,24+,32-/m1/s1. The Morgan fingerprint density at radius 2 is 1.94 bits per heavy atom. The van der Waals surface area contributed by atoms with E-state index in [1.165, 1.54) is 4.90 Å². The van der Waals surface area contributed by atoms with Gasteiger partial charge in [-0.2, -0.15) is 8.42 Å². The van der Waals surface area contributed by atoms with E-state index >= 15 is 0 Å². The van der Waals surface area contributed by atoms with Crippen LogP contribution in [0.5, 0.6) is 5.75 Å². The number of ether oxygens (including phenoxy) is 2. The van der Waals surface area contributed by atoms with Crippen LogP contribution >= 0.6 is 11.3 Å². The number of rotatable bonds is 6. The molecule has 1 saturated heterocycles. The number of nitrogens with zero attached hydrogens (tertiary/aromatic N) is 2. The third kappa shape index (κ3) is 8.06. The number of aromatic nitrogens is 1. The van der Waals surface area contributed by atoms with Gasteiger partial charge in [-0.25, -0.2) is 14.5 Å². The highest BCUT2D eigenvalue weighted by Crippen LogP contribution is 2.46. The number of hydrogen-bond acceptors (Lipinski definition) is 10. The van der Waals surface area contributed by atoms with Crippen molar-refractivity contribution in [1.82, 2.24) is 25.2 Å². The van der Waals surface area contributed by atoms with Crippen molar-refractivity contribution in [1.29, 1.82) is 0 Å². The zero-order chi connectivity index (χ0) is 34.0. The third-order valence-electron chi connectivity index (χ3n) is 8.43. The summed E-state index contributed by atoms with van der Waals surface area (Å²) in [7, 11) is -4.37. The van der Waals surface area contributed by atoms with E-state index < -0.39 is 63.0 Å². The molecule has 1 saturated carbocycles. The molecular weight excluding hydrogens is 647 g/mol. The molecule has 2 aromatic rings. The van der Waals surface area contributed by atoms with E-state index in [1.807, 2.05) is 19.1 Å².